The molecule has 1 aliphatic rings. The molecule has 1 nitrogen and oxygen atoms in total. The first kappa shape index (κ1) is 12.6. The zero-order chi connectivity index (χ0) is 12.7. The summed E-state index contributed by atoms with van der Waals surface area (Å²) < 4.78 is 5.47. The Morgan fingerprint density at radius 1 is 1.12 bits per heavy atom. The van der Waals surface area contributed by atoms with Crippen LogP contribution in [-0.4, -0.2) is 12.7 Å². The highest BCUT2D eigenvalue weighted by Crippen LogP contribution is 2.43. The summed E-state index contributed by atoms with van der Waals surface area (Å²) in [5, 5.41) is 0. The van der Waals surface area contributed by atoms with E-state index in [1.807, 2.05) is 0 Å². The number of ether oxygens (including phenoxy) is 1. The Morgan fingerprint density at radius 3 is 2.12 bits per heavy atom. The van der Waals surface area contributed by atoms with Crippen molar-refractivity contribution < 1.29 is 4.74 Å². The van der Waals surface area contributed by atoms with Crippen molar-refractivity contribution in [2.75, 3.05) is 6.61 Å². The van der Waals surface area contributed by atoms with E-state index in [4.69, 9.17) is 4.74 Å². The van der Waals surface area contributed by atoms with Crippen LogP contribution in [-0.2, 0) is 10.2 Å². The molecule has 1 atom stereocenters. The van der Waals surface area contributed by atoms with E-state index >= 15 is 0 Å². The quantitative estimate of drug-likeness (QED) is 0.712. The van der Waals surface area contributed by atoms with E-state index in [-0.39, 0.29) is 10.8 Å². The number of rotatable bonds is 4. The van der Waals surface area contributed by atoms with Gasteiger partial charge in [0.25, 0.3) is 0 Å². The van der Waals surface area contributed by atoms with Gasteiger partial charge in [-0.15, -0.1) is 0 Å². The maximum absolute atomic E-state index is 5.47. The normalized spacial score (nSPS) is 20.4. The molecule has 0 aromatic heterocycles. The lowest BCUT2D eigenvalue weighted by Gasteiger charge is -2.34. The lowest BCUT2D eigenvalue weighted by Crippen LogP contribution is -2.30. The maximum Gasteiger partial charge on any atom is 0.0861 e. The monoisotopic (exact) mass is 232 g/mol. The third kappa shape index (κ3) is 2.90. The molecule has 1 saturated heterocycles. The van der Waals surface area contributed by atoms with Crippen LogP contribution in [0.2, 0.25) is 0 Å². The van der Waals surface area contributed by atoms with Crippen molar-refractivity contribution in [1.29, 1.82) is 0 Å². The van der Waals surface area contributed by atoms with E-state index in [0.717, 1.165) is 13.0 Å². The zero-order valence-electron chi connectivity index (χ0n) is 11.7. The summed E-state index contributed by atoms with van der Waals surface area (Å²) in [7, 11) is 0. The van der Waals surface area contributed by atoms with Crippen LogP contribution in [0.15, 0.2) is 24.3 Å². The number of benzene rings is 1. The van der Waals surface area contributed by atoms with Crippen molar-refractivity contribution in [1.82, 2.24) is 0 Å². The average Bonchev–Trinajstić information content (AvgIpc) is 2.99. The first-order valence-corrected chi connectivity index (χ1v) is 6.50. The fourth-order valence-electron chi connectivity index (χ4n) is 2.86. The Balaban J connectivity index is 2.15. The lowest BCUT2D eigenvalue weighted by atomic mass is 9.70. The van der Waals surface area contributed by atoms with Gasteiger partial charge in [-0.25, -0.2) is 0 Å². The van der Waals surface area contributed by atoms with Gasteiger partial charge >= 0.3 is 0 Å². The molecular weight excluding hydrogens is 208 g/mol. The Kier molecular flexibility index (Phi) is 3.07. The Morgan fingerprint density at radius 2 is 1.65 bits per heavy atom. The van der Waals surface area contributed by atoms with Crippen LogP contribution >= 0.6 is 0 Å². The van der Waals surface area contributed by atoms with Crippen LogP contribution in [0.5, 0.6) is 0 Å². The number of hydrogen-bond donors (Lipinski definition) is 0. The first-order valence-electron chi connectivity index (χ1n) is 6.50. The Hall–Kier alpha value is -0.820. The van der Waals surface area contributed by atoms with E-state index in [1.54, 1.807) is 0 Å². The van der Waals surface area contributed by atoms with E-state index in [1.165, 1.54) is 11.1 Å². The summed E-state index contributed by atoms with van der Waals surface area (Å²) in [6.07, 6.45) is 1.63. The van der Waals surface area contributed by atoms with Crippen molar-refractivity contribution in [3.8, 4) is 0 Å². The summed E-state index contributed by atoms with van der Waals surface area (Å²) in [4.78, 5) is 0. The summed E-state index contributed by atoms with van der Waals surface area (Å²) in [6, 6.07) is 8.94. The van der Waals surface area contributed by atoms with E-state index < -0.39 is 0 Å². The van der Waals surface area contributed by atoms with Crippen LogP contribution in [0.3, 0.4) is 0 Å². The molecule has 0 bridgehead atoms. The van der Waals surface area contributed by atoms with Gasteiger partial charge in [-0.3, -0.25) is 0 Å². The van der Waals surface area contributed by atoms with Crippen molar-refractivity contribution >= 4 is 0 Å². The molecule has 0 radical (unpaired) electrons. The summed E-state index contributed by atoms with van der Waals surface area (Å²) in [5.41, 5.74) is 3.24. The minimum Gasteiger partial charge on any atom is -0.373 e. The average molecular weight is 232 g/mol. The molecule has 1 heteroatoms. The van der Waals surface area contributed by atoms with Crippen molar-refractivity contribution in [3.63, 3.8) is 0 Å². The van der Waals surface area contributed by atoms with Gasteiger partial charge in [-0.2, -0.15) is 0 Å². The molecule has 0 saturated carbocycles. The van der Waals surface area contributed by atoms with Crippen LogP contribution in [0.25, 0.3) is 0 Å². The minimum absolute atomic E-state index is 0.211. The van der Waals surface area contributed by atoms with Gasteiger partial charge < -0.3 is 4.74 Å². The predicted molar refractivity (Wildman–Crippen MR) is 72.3 cm³/mol. The zero-order valence-corrected chi connectivity index (χ0v) is 11.7. The van der Waals surface area contributed by atoms with Crippen LogP contribution in [0, 0.1) is 12.3 Å². The van der Waals surface area contributed by atoms with Crippen molar-refractivity contribution in [3.05, 3.63) is 35.4 Å². The molecule has 17 heavy (non-hydrogen) atoms. The second-order valence-corrected chi connectivity index (χ2v) is 6.74. The topological polar surface area (TPSA) is 12.5 Å². The van der Waals surface area contributed by atoms with E-state index in [2.05, 4.69) is 58.9 Å². The SMILES string of the molecule is Cc1ccc(C(C)(C)CC(C)(C)C2CO2)cc1. The van der Waals surface area contributed by atoms with Gasteiger partial charge in [0.15, 0.2) is 0 Å². The Bertz CT molecular complexity index is 382. The van der Waals surface area contributed by atoms with Crippen molar-refractivity contribution in [2.45, 2.75) is 52.6 Å². The van der Waals surface area contributed by atoms with E-state index in [9.17, 15) is 0 Å². The fourth-order valence-corrected chi connectivity index (χ4v) is 2.86. The van der Waals surface area contributed by atoms with Crippen molar-refractivity contribution in [2.24, 2.45) is 5.41 Å². The molecule has 1 aromatic rings. The van der Waals surface area contributed by atoms with Gasteiger partial charge in [0.2, 0.25) is 0 Å². The van der Waals surface area contributed by atoms with Gasteiger partial charge in [0.05, 0.1) is 12.7 Å². The molecule has 94 valence electrons. The summed E-state index contributed by atoms with van der Waals surface area (Å²) >= 11 is 0. The molecule has 1 aliphatic heterocycles. The smallest absolute Gasteiger partial charge is 0.0861 e. The van der Waals surface area contributed by atoms with Gasteiger partial charge in [0.1, 0.15) is 0 Å². The summed E-state index contributed by atoms with van der Waals surface area (Å²) in [5.74, 6) is 0. The molecule has 0 N–H and O–H groups in total. The Labute approximate surface area is 105 Å². The maximum atomic E-state index is 5.47. The van der Waals surface area contributed by atoms with Gasteiger partial charge in [0, 0.05) is 0 Å². The second-order valence-electron chi connectivity index (χ2n) is 6.74. The van der Waals surface area contributed by atoms with Crippen LogP contribution < -0.4 is 0 Å². The van der Waals surface area contributed by atoms with Crippen LogP contribution in [0.1, 0.15) is 45.2 Å². The largest absolute Gasteiger partial charge is 0.373 e. The highest BCUT2D eigenvalue weighted by molar-refractivity contribution is 5.27. The minimum atomic E-state index is 0.211. The molecule has 1 unspecified atom stereocenters. The third-order valence-corrected chi connectivity index (χ3v) is 3.94. The molecule has 2 rings (SSSR count). The summed E-state index contributed by atoms with van der Waals surface area (Å²) in [6.45, 7) is 12.4. The number of epoxide rings is 1. The van der Waals surface area contributed by atoms with Gasteiger partial charge in [-0.1, -0.05) is 57.5 Å². The molecule has 0 spiro atoms. The lowest BCUT2D eigenvalue weighted by molar-refractivity contribution is 0.187. The molecule has 1 heterocycles. The van der Waals surface area contributed by atoms with Gasteiger partial charge in [-0.05, 0) is 29.7 Å². The van der Waals surface area contributed by atoms with Crippen LogP contribution in [0.4, 0.5) is 0 Å². The highest BCUT2D eigenvalue weighted by Gasteiger charge is 2.42. The first-order chi connectivity index (χ1) is 7.81. The predicted octanol–water partition coefficient (Wildman–Crippen LogP) is 4.09. The molecule has 1 fully saturated rings. The molecule has 1 aromatic carbocycles. The second kappa shape index (κ2) is 4.13. The third-order valence-electron chi connectivity index (χ3n) is 3.94. The molecule has 0 amide bonds. The number of aryl methyl sites for hydroxylation is 1. The fraction of sp³-hybridized carbons (Fsp3) is 0.625. The molecule has 0 aliphatic carbocycles. The highest BCUT2D eigenvalue weighted by atomic mass is 16.6. The standard InChI is InChI=1S/C16H24O/c1-12-6-8-13(9-7-12)15(2,3)11-16(4,5)14-10-17-14/h6-9,14H,10-11H2,1-5H3. The number of hydrogen-bond acceptors (Lipinski definition) is 1. The molecular formula is C16H24O. The van der Waals surface area contributed by atoms with E-state index in [0.29, 0.717) is 6.10 Å².